The standard InChI is InChI=1S/C12H19BrN2O2S2/c1-2-9-15(10-5-7-14-8-6-10)19(16,17)12-4-3-11(13)18-12/h3-4,10,14H,2,5-9H2,1H3. The van der Waals surface area contributed by atoms with E-state index in [1.165, 1.54) is 11.3 Å². The summed E-state index contributed by atoms with van der Waals surface area (Å²) < 4.78 is 28.5. The summed E-state index contributed by atoms with van der Waals surface area (Å²) in [6.45, 7) is 4.42. The van der Waals surface area contributed by atoms with E-state index in [1.54, 1.807) is 16.4 Å². The van der Waals surface area contributed by atoms with Crippen LogP contribution < -0.4 is 5.32 Å². The van der Waals surface area contributed by atoms with Gasteiger partial charge in [0.15, 0.2) is 0 Å². The van der Waals surface area contributed by atoms with Crippen molar-refractivity contribution in [3.05, 3.63) is 15.9 Å². The fourth-order valence-corrected chi connectivity index (χ4v) is 6.28. The third-order valence-corrected chi connectivity index (χ3v) is 7.31. The van der Waals surface area contributed by atoms with Crippen LogP contribution in [0.25, 0.3) is 0 Å². The van der Waals surface area contributed by atoms with Crippen LogP contribution in [0, 0.1) is 0 Å². The normalized spacial score (nSPS) is 18.1. The number of thiophene rings is 1. The maximum absolute atomic E-state index is 12.7. The Balaban J connectivity index is 2.26. The summed E-state index contributed by atoms with van der Waals surface area (Å²) >= 11 is 4.62. The molecule has 0 unspecified atom stereocenters. The lowest BCUT2D eigenvalue weighted by Gasteiger charge is -2.33. The highest BCUT2D eigenvalue weighted by Gasteiger charge is 2.32. The second kappa shape index (κ2) is 6.67. The molecule has 0 aromatic carbocycles. The molecule has 2 rings (SSSR count). The Hall–Kier alpha value is 0.0500. The molecule has 0 aliphatic carbocycles. The van der Waals surface area contributed by atoms with Gasteiger partial charge in [0.05, 0.1) is 3.79 Å². The van der Waals surface area contributed by atoms with Crippen molar-refractivity contribution in [2.75, 3.05) is 19.6 Å². The fraction of sp³-hybridized carbons (Fsp3) is 0.667. The molecule has 0 bridgehead atoms. The molecule has 7 heteroatoms. The van der Waals surface area contributed by atoms with Gasteiger partial charge in [-0.15, -0.1) is 11.3 Å². The molecule has 1 aromatic heterocycles. The van der Waals surface area contributed by atoms with Crippen molar-refractivity contribution < 1.29 is 8.42 Å². The summed E-state index contributed by atoms with van der Waals surface area (Å²) in [5.74, 6) is 0. The van der Waals surface area contributed by atoms with Crippen molar-refractivity contribution in [1.29, 1.82) is 0 Å². The first-order chi connectivity index (χ1) is 9.05. The van der Waals surface area contributed by atoms with E-state index in [2.05, 4.69) is 21.2 Å². The zero-order valence-corrected chi connectivity index (χ0v) is 14.2. The predicted octanol–water partition coefficient (Wildman–Crippen LogP) is 2.66. The molecule has 19 heavy (non-hydrogen) atoms. The molecular formula is C12H19BrN2O2S2. The largest absolute Gasteiger partial charge is 0.317 e. The highest BCUT2D eigenvalue weighted by Crippen LogP contribution is 2.30. The third-order valence-electron chi connectivity index (χ3n) is 3.27. The van der Waals surface area contributed by atoms with Crippen LogP contribution in [0.1, 0.15) is 26.2 Å². The smallest absolute Gasteiger partial charge is 0.252 e. The molecule has 1 aromatic rings. The van der Waals surface area contributed by atoms with Gasteiger partial charge in [0.25, 0.3) is 10.0 Å². The van der Waals surface area contributed by atoms with Crippen molar-refractivity contribution in [3.63, 3.8) is 0 Å². The maximum atomic E-state index is 12.7. The van der Waals surface area contributed by atoms with E-state index in [0.29, 0.717) is 10.8 Å². The van der Waals surface area contributed by atoms with Crippen LogP contribution in [0.5, 0.6) is 0 Å². The van der Waals surface area contributed by atoms with Crippen LogP contribution in [0.15, 0.2) is 20.1 Å². The van der Waals surface area contributed by atoms with E-state index in [4.69, 9.17) is 0 Å². The number of hydrogen-bond acceptors (Lipinski definition) is 4. The molecule has 0 radical (unpaired) electrons. The number of halogens is 1. The molecule has 0 amide bonds. The topological polar surface area (TPSA) is 49.4 Å². The summed E-state index contributed by atoms with van der Waals surface area (Å²) in [6, 6.07) is 3.62. The molecule has 4 nitrogen and oxygen atoms in total. The first-order valence-electron chi connectivity index (χ1n) is 6.53. The van der Waals surface area contributed by atoms with Gasteiger partial charge in [0.1, 0.15) is 4.21 Å². The van der Waals surface area contributed by atoms with Gasteiger partial charge in [-0.2, -0.15) is 4.31 Å². The monoisotopic (exact) mass is 366 g/mol. The lowest BCUT2D eigenvalue weighted by Crippen LogP contribution is -2.46. The molecule has 1 N–H and O–H groups in total. The van der Waals surface area contributed by atoms with Gasteiger partial charge in [-0.3, -0.25) is 0 Å². The van der Waals surface area contributed by atoms with Crippen molar-refractivity contribution in [3.8, 4) is 0 Å². The van der Waals surface area contributed by atoms with Gasteiger partial charge in [0.2, 0.25) is 0 Å². The zero-order chi connectivity index (χ0) is 13.9. The van der Waals surface area contributed by atoms with Crippen molar-refractivity contribution >= 4 is 37.3 Å². The Bertz CT molecular complexity index is 510. The van der Waals surface area contributed by atoms with E-state index < -0.39 is 10.0 Å². The van der Waals surface area contributed by atoms with Crippen LogP contribution in [0.4, 0.5) is 0 Å². The maximum Gasteiger partial charge on any atom is 0.252 e. The van der Waals surface area contributed by atoms with Gasteiger partial charge in [-0.1, -0.05) is 6.92 Å². The molecule has 0 spiro atoms. The molecule has 1 fully saturated rings. The second-order valence-corrected chi connectivity index (χ2v) is 9.24. The SMILES string of the molecule is CCCN(C1CCNCC1)S(=O)(=O)c1ccc(Br)s1. The lowest BCUT2D eigenvalue weighted by atomic mass is 10.1. The van der Waals surface area contributed by atoms with Crippen LogP contribution in [-0.2, 0) is 10.0 Å². The van der Waals surface area contributed by atoms with Gasteiger partial charge < -0.3 is 5.32 Å². The van der Waals surface area contributed by atoms with Gasteiger partial charge >= 0.3 is 0 Å². The highest BCUT2D eigenvalue weighted by atomic mass is 79.9. The summed E-state index contributed by atoms with van der Waals surface area (Å²) in [7, 11) is -3.35. The Morgan fingerprint density at radius 2 is 2.11 bits per heavy atom. The molecule has 0 saturated carbocycles. The van der Waals surface area contributed by atoms with E-state index in [9.17, 15) is 8.42 Å². The molecule has 0 atom stereocenters. The van der Waals surface area contributed by atoms with Gasteiger partial charge in [-0.25, -0.2) is 8.42 Å². The molecule has 108 valence electrons. The van der Waals surface area contributed by atoms with Crippen LogP contribution in [0.2, 0.25) is 0 Å². The molecule has 1 saturated heterocycles. The summed E-state index contributed by atoms with van der Waals surface area (Å²) in [4.78, 5) is 0. The Morgan fingerprint density at radius 1 is 1.42 bits per heavy atom. The van der Waals surface area contributed by atoms with Crippen LogP contribution in [-0.4, -0.2) is 38.4 Å². The summed E-state index contributed by atoms with van der Waals surface area (Å²) in [5, 5.41) is 3.28. The number of piperidine rings is 1. The number of hydrogen-bond donors (Lipinski definition) is 1. The zero-order valence-electron chi connectivity index (χ0n) is 10.9. The molecule has 1 aliphatic rings. The number of nitrogens with zero attached hydrogens (tertiary/aromatic N) is 1. The highest BCUT2D eigenvalue weighted by molar-refractivity contribution is 9.11. The lowest BCUT2D eigenvalue weighted by molar-refractivity contribution is 0.263. The molecule has 2 heterocycles. The molecule has 1 aliphatic heterocycles. The Labute approximate surface area is 127 Å². The van der Waals surface area contributed by atoms with Crippen LogP contribution >= 0.6 is 27.3 Å². The second-order valence-electron chi connectivity index (χ2n) is 4.66. The first kappa shape index (κ1) is 15.4. The van der Waals surface area contributed by atoms with E-state index in [0.717, 1.165) is 36.1 Å². The minimum Gasteiger partial charge on any atom is -0.317 e. The summed E-state index contributed by atoms with van der Waals surface area (Å²) in [6.07, 6.45) is 2.63. The summed E-state index contributed by atoms with van der Waals surface area (Å²) in [5.41, 5.74) is 0. The minimum absolute atomic E-state index is 0.132. The van der Waals surface area contributed by atoms with Gasteiger partial charge in [0, 0.05) is 12.6 Å². The van der Waals surface area contributed by atoms with Crippen molar-refractivity contribution in [2.45, 2.75) is 36.4 Å². The van der Waals surface area contributed by atoms with E-state index >= 15 is 0 Å². The van der Waals surface area contributed by atoms with E-state index in [1.807, 2.05) is 6.92 Å². The first-order valence-corrected chi connectivity index (χ1v) is 9.58. The quantitative estimate of drug-likeness (QED) is 0.871. The Morgan fingerprint density at radius 3 is 2.63 bits per heavy atom. The van der Waals surface area contributed by atoms with Gasteiger partial charge in [-0.05, 0) is 60.4 Å². The number of sulfonamides is 1. The average molecular weight is 367 g/mol. The average Bonchev–Trinajstić information content (AvgIpc) is 2.84. The van der Waals surface area contributed by atoms with Crippen molar-refractivity contribution in [1.82, 2.24) is 9.62 Å². The number of nitrogens with one attached hydrogen (secondary N) is 1. The number of rotatable bonds is 5. The van der Waals surface area contributed by atoms with Crippen molar-refractivity contribution in [2.24, 2.45) is 0 Å². The van der Waals surface area contributed by atoms with Crippen LogP contribution in [0.3, 0.4) is 0 Å². The molecular weight excluding hydrogens is 348 g/mol. The fourth-order valence-electron chi connectivity index (χ4n) is 2.37. The predicted molar refractivity (Wildman–Crippen MR) is 82.1 cm³/mol. The minimum atomic E-state index is -3.35. The van der Waals surface area contributed by atoms with E-state index in [-0.39, 0.29) is 6.04 Å². The Kier molecular flexibility index (Phi) is 5.42. The third kappa shape index (κ3) is 3.58.